The Morgan fingerprint density at radius 2 is 1.06 bits per heavy atom. The summed E-state index contributed by atoms with van der Waals surface area (Å²) in [5.41, 5.74) is 14.1. The van der Waals surface area contributed by atoms with Gasteiger partial charge in [-0.15, -0.1) is 0 Å². The van der Waals surface area contributed by atoms with Crippen LogP contribution < -0.4 is 4.90 Å². The summed E-state index contributed by atoms with van der Waals surface area (Å²) in [4.78, 5) is 2.53. The van der Waals surface area contributed by atoms with Crippen molar-refractivity contribution in [2.24, 2.45) is 5.92 Å². The first kappa shape index (κ1) is 36.6. The van der Waals surface area contributed by atoms with Crippen LogP contribution in [0.5, 0.6) is 0 Å². The van der Waals surface area contributed by atoms with Gasteiger partial charge in [-0.3, -0.25) is 0 Å². The molecule has 3 heterocycles. The molecule has 1 aliphatic rings. The third kappa shape index (κ3) is 5.69. The monoisotopic (exact) mass is 822 g/mol. The minimum Gasteiger partial charge on any atom is -0.455 e. The molecule has 64 heavy (non-hydrogen) atoms. The van der Waals surface area contributed by atoms with E-state index < -0.39 is 0 Å². The molecule has 304 valence electrons. The fourth-order valence-electron chi connectivity index (χ4n) is 10.5. The van der Waals surface area contributed by atoms with Crippen LogP contribution in [0.2, 0.25) is 0 Å². The standard InChI is InChI=1S/C60H42N2O2/c1-38-36-41(44-20-12-22-50-48-19-7-11-27-57(48)63-58(44)50)31-35-53(38)62(42-32-28-39(29-33-42)37-61-54-24-8-4-16-45(54)46-17-5-9-25-55(46)61)56-26-10-6-18-47(56)49-21-13-23-51-52-34-30-40-14-2-3-15-43(40)59(52)64-60(49)51/h2-36,38,53H,37H2,1H3. The van der Waals surface area contributed by atoms with Crippen LogP contribution >= 0.6 is 0 Å². The normalized spacial score (nSPS) is 15.4. The molecule has 1 aliphatic carbocycles. The summed E-state index contributed by atoms with van der Waals surface area (Å²) in [5.74, 6) is 0.137. The molecule has 0 spiro atoms. The Balaban J connectivity index is 0.946. The van der Waals surface area contributed by atoms with Crippen LogP contribution in [0.1, 0.15) is 18.1 Å². The van der Waals surface area contributed by atoms with E-state index in [0.29, 0.717) is 0 Å². The second-order valence-corrected chi connectivity index (χ2v) is 17.2. The highest BCUT2D eigenvalue weighted by Crippen LogP contribution is 2.45. The van der Waals surface area contributed by atoms with Crippen LogP contribution in [0.3, 0.4) is 0 Å². The van der Waals surface area contributed by atoms with Crippen molar-refractivity contribution < 1.29 is 8.83 Å². The van der Waals surface area contributed by atoms with Gasteiger partial charge in [0.05, 0.1) is 6.04 Å². The van der Waals surface area contributed by atoms with Crippen molar-refractivity contribution in [2.75, 3.05) is 4.90 Å². The van der Waals surface area contributed by atoms with E-state index in [2.05, 4.69) is 223 Å². The number of fused-ring (bicyclic) bond motifs is 11. The second-order valence-electron chi connectivity index (χ2n) is 17.2. The largest absolute Gasteiger partial charge is 0.455 e. The number of anilines is 2. The number of para-hydroxylation sites is 6. The number of hydrogen-bond acceptors (Lipinski definition) is 3. The molecule has 0 fully saturated rings. The van der Waals surface area contributed by atoms with E-state index in [0.717, 1.165) is 83.9 Å². The first-order chi connectivity index (χ1) is 31.7. The molecular weight excluding hydrogens is 781 g/mol. The lowest BCUT2D eigenvalue weighted by atomic mass is 9.87. The smallest absolute Gasteiger partial charge is 0.143 e. The molecule has 0 saturated carbocycles. The Morgan fingerprint density at radius 3 is 1.84 bits per heavy atom. The van der Waals surface area contributed by atoms with Gasteiger partial charge in [0.2, 0.25) is 0 Å². The molecule has 4 heteroatoms. The van der Waals surface area contributed by atoms with Gasteiger partial charge in [-0.05, 0) is 64.9 Å². The fraction of sp³-hybridized carbons (Fsp3) is 0.0667. The van der Waals surface area contributed by atoms with Gasteiger partial charge in [0.25, 0.3) is 0 Å². The molecule has 0 aliphatic heterocycles. The third-order valence-corrected chi connectivity index (χ3v) is 13.5. The van der Waals surface area contributed by atoms with Crippen molar-refractivity contribution >= 4 is 93.4 Å². The van der Waals surface area contributed by atoms with Gasteiger partial charge in [0.15, 0.2) is 0 Å². The lowest BCUT2D eigenvalue weighted by Crippen LogP contribution is -2.36. The highest BCUT2D eigenvalue weighted by atomic mass is 16.3. The lowest BCUT2D eigenvalue weighted by molar-refractivity contribution is 0.611. The topological polar surface area (TPSA) is 34.5 Å². The maximum absolute atomic E-state index is 6.95. The molecule has 0 bridgehead atoms. The molecule has 0 amide bonds. The first-order valence-electron chi connectivity index (χ1n) is 22.2. The molecule has 0 N–H and O–H groups in total. The van der Waals surface area contributed by atoms with Crippen LogP contribution in [0.15, 0.2) is 221 Å². The Bertz CT molecular complexity index is 3810. The summed E-state index contributed by atoms with van der Waals surface area (Å²) >= 11 is 0. The number of furan rings is 2. The SMILES string of the molecule is CC1C=C(c2cccc3c2oc2ccccc23)C=CC1N(c1ccc(Cn2c3ccccc3c3ccccc32)cc1)c1ccccc1-c1cccc2c1oc1c3ccccc3ccc21. The van der Waals surface area contributed by atoms with E-state index in [4.69, 9.17) is 8.83 Å². The summed E-state index contributed by atoms with van der Waals surface area (Å²) in [7, 11) is 0. The highest BCUT2D eigenvalue weighted by Gasteiger charge is 2.29. The average molecular weight is 823 g/mol. The summed E-state index contributed by atoms with van der Waals surface area (Å²) < 4.78 is 15.9. The van der Waals surface area contributed by atoms with Crippen molar-refractivity contribution in [1.82, 2.24) is 4.57 Å². The summed E-state index contributed by atoms with van der Waals surface area (Å²) in [5, 5.41) is 9.40. The minimum absolute atomic E-state index is 0.00165. The van der Waals surface area contributed by atoms with Gasteiger partial charge >= 0.3 is 0 Å². The van der Waals surface area contributed by atoms with Crippen LogP contribution in [-0.4, -0.2) is 10.6 Å². The molecule has 12 aromatic rings. The molecule has 0 radical (unpaired) electrons. The molecule has 9 aromatic carbocycles. The van der Waals surface area contributed by atoms with Crippen molar-refractivity contribution in [3.8, 4) is 11.1 Å². The zero-order valence-electron chi connectivity index (χ0n) is 35.3. The molecule has 2 unspecified atom stereocenters. The first-order valence-corrected chi connectivity index (χ1v) is 22.2. The van der Waals surface area contributed by atoms with Crippen LogP contribution in [0.4, 0.5) is 11.4 Å². The minimum atomic E-state index is 0.00165. The van der Waals surface area contributed by atoms with Gasteiger partial charge in [0.1, 0.15) is 22.3 Å². The molecule has 13 rings (SSSR count). The van der Waals surface area contributed by atoms with E-state index in [1.165, 1.54) is 38.3 Å². The number of nitrogens with zero attached hydrogens (tertiary/aromatic N) is 2. The zero-order chi connectivity index (χ0) is 42.3. The summed E-state index contributed by atoms with van der Waals surface area (Å²) in [6.07, 6.45) is 7.10. The van der Waals surface area contributed by atoms with Gasteiger partial charge < -0.3 is 18.3 Å². The van der Waals surface area contributed by atoms with Gasteiger partial charge in [-0.25, -0.2) is 0 Å². The highest BCUT2D eigenvalue weighted by molar-refractivity contribution is 6.18. The molecular formula is C60H42N2O2. The molecule has 3 aromatic heterocycles. The van der Waals surface area contributed by atoms with Crippen molar-refractivity contribution in [3.05, 3.63) is 223 Å². The van der Waals surface area contributed by atoms with Gasteiger partial charge in [0, 0.05) is 83.3 Å². The summed E-state index contributed by atoms with van der Waals surface area (Å²) in [6.45, 7) is 3.11. The van der Waals surface area contributed by atoms with Gasteiger partial charge in [-0.2, -0.15) is 0 Å². The van der Waals surface area contributed by atoms with Gasteiger partial charge in [-0.1, -0.05) is 177 Å². The molecule has 2 atom stereocenters. The average Bonchev–Trinajstić information content (AvgIpc) is 4.03. The predicted octanol–water partition coefficient (Wildman–Crippen LogP) is 16.3. The molecule has 4 nitrogen and oxygen atoms in total. The number of allylic oxidation sites excluding steroid dienone is 2. The van der Waals surface area contributed by atoms with Crippen molar-refractivity contribution in [3.63, 3.8) is 0 Å². The fourth-order valence-corrected chi connectivity index (χ4v) is 10.5. The predicted molar refractivity (Wildman–Crippen MR) is 268 cm³/mol. The Kier molecular flexibility index (Phi) is 8.29. The van der Waals surface area contributed by atoms with E-state index in [-0.39, 0.29) is 12.0 Å². The number of aromatic nitrogens is 1. The van der Waals surface area contributed by atoms with E-state index in [9.17, 15) is 0 Å². The number of benzene rings is 9. The Hall–Kier alpha value is -8.08. The van der Waals surface area contributed by atoms with E-state index >= 15 is 0 Å². The van der Waals surface area contributed by atoms with Crippen LogP contribution in [-0.2, 0) is 6.54 Å². The Morgan fingerprint density at radius 1 is 0.469 bits per heavy atom. The number of hydrogen-bond donors (Lipinski definition) is 0. The molecule has 0 saturated heterocycles. The third-order valence-electron chi connectivity index (χ3n) is 13.5. The second kappa shape index (κ2) is 14.5. The lowest BCUT2D eigenvalue weighted by Gasteiger charge is -2.38. The van der Waals surface area contributed by atoms with Crippen molar-refractivity contribution in [1.29, 1.82) is 0 Å². The summed E-state index contributed by atoms with van der Waals surface area (Å²) in [6, 6.07) is 69.8. The maximum Gasteiger partial charge on any atom is 0.143 e. The van der Waals surface area contributed by atoms with Crippen LogP contribution in [0, 0.1) is 5.92 Å². The van der Waals surface area contributed by atoms with Crippen LogP contribution in [0.25, 0.3) is 93.2 Å². The quantitative estimate of drug-likeness (QED) is 0.161. The van der Waals surface area contributed by atoms with Crippen molar-refractivity contribution in [2.45, 2.75) is 19.5 Å². The Labute approximate surface area is 370 Å². The zero-order valence-corrected chi connectivity index (χ0v) is 35.3. The maximum atomic E-state index is 6.95. The van der Waals surface area contributed by atoms with E-state index in [1.807, 2.05) is 6.07 Å². The number of rotatable bonds is 7. The van der Waals surface area contributed by atoms with E-state index in [1.54, 1.807) is 0 Å².